The third kappa shape index (κ3) is 10.2. The number of guanidine groups is 1. The molecule has 1 amide bonds. The van der Waals surface area contributed by atoms with Gasteiger partial charge in [0.25, 0.3) is 0 Å². The number of carbonyl (C=O) groups excluding carboxylic acids is 1. The minimum absolute atomic E-state index is 0. The third-order valence-corrected chi connectivity index (χ3v) is 6.27. The summed E-state index contributed by atoms with van der Waals surface area (Å²) in [4.78, 5) is 17.7. The van der Waals surface area contributed by atoms with Crippen LogP contribution in [-0.4, -0.2) is 94.8 Å². The quantitative estimate of drug-likeness (QED) is 0.183. The lowest BCUT2D eigenvalue weighted by molar-refractivity contribution is -0.127. The van der Waals surface area contributed by atoms with Crippen molar-refractivity contribution in [1.29, 1.82) is 0 Å². The molecule has 0 aromatic rings. The Hall–Kier alpha value is -0.660. The molecule has 28 heavy (non-hydrogen) atoms. The molecule has 9 nitrogen and oxygen atoms in total. The van der Waals surface area contributed by atoms with Crippen LogP contribution in [0.4, 0.5) is 0 Å². The molecular weight excluding hydrogens is 497 g/mol. The number of nitrogens with one attached hydrogen (secondary N) is 2. The predicted octanol–water partition coefficient (Wildman–Crippen LogP) is 0.469. The van der Waals surface area contributed by atoms with Crippen LogP contribution < -0.4 is 10.6 Å². The molecule has 1 rings (SSSR count). The van der Waals surface area contributed by atoms with Crippen molar-refractivity contribution in [2.75, 3.05) is 59.2 Å². The first-order valence-corrected chi connectivity index (χ1v) is 11.2. The summed E-state index contributed by atoms with van der Waals surface area (Å²) >= 11 is 0. The van der Waals surface area contributed by atoms with Crippen LogP contribution >= 0.6 is 24.0 Å². The highest BCUT2D eigenvalue weighted by molar-refractivity contribution is 14.0. The number of hydrogen-bond donors (Lipinski definition) is 2. The number of ether oxygens (including phenoxy) is 1. The lowest BCUT2D eigenvalue weighted by Gasteiger charge is -2.32. The molecule has 0 atom stereocenters. The zero-order valence-corrected chi connectivity index (χ0v) is 20.6. The van der Waals surface area contributed by atoms with Gasteiger partial charge in [-0.1, -0.05) is 0 Å². The van der Waals surface area contributed by atoms with Crippen molar-refractivity contribution in [3.63, 3.8) is 0 Å². The van der Waals surface area contributed by atoms with Crippen LogP contribution in [-0.2, 0) is 19.6 Å². The molecule has 0 saturated carbocycles. The Kier molecular flexibility index (Phi) is 14.0. The number of amides is 1. The fourth-order valence-electron chi connectivity index (χ4n) is 2.62. The Balaban J connectivity index is 0.00000729. The van der Waals surface area contributed by atoms with Gasteiger partial charge in [0.1, 0.15) is 6.54 Å². The van der Waals surface area contributed by atoms with Crippen LogP contribution in [0.3, 0.4) is 0 Å². The molecule has 2 N–H and O–H groups in total. The summed E-state index contributed by atoms with van der Waals surface area (Å²) in [6.45, 7) is 6.74. The number of carbonyl (C=O) groups is 1. The number of piperidine rings is 1. The molecule has 0 aliphatic carbocycles. The second-order valence-corrected chi connectivity index (χ2v) is 8.91. The van der Waals surface area contributed by atoms with Gasteiger partial charge in [-0.3, -0.25) is 4.79 Å². The maximum Gasteiger partial charge on any atom is 0.243 e. The Morgan fingerprint density at radius 1 is 1.25 bits per heavy atom. The van der Waals surface area contributed by atoms with E-state index >= 15 is 0 Å². The van der Waals surface area contributed by atoms with Crippen molar-refractivity contribution in [3.8, 4) is 0 Å². The minimum atomic E-state index is -3.13. The van der Waals surface area contributed by atoms with Gasteiger partial charge >= 0.3 is 0 Å². The standard InChI is InChI=1S/C17H35N5O4S.HI/c1-5-26-13-7-10-18-17(19-14-16(23)21(3)4)20-15-8-11-22(12-9-15)27(24,25)6-2;/h15H,5-14H2,1-4H3,(H2,18,19,20);1H. The molecule has 0 spiro atoms. The molecule has 1 fully saturated rings. The molecule has 0 aromatic heterocycles. The maximum absolute atomic E-state index is 12.0. The van der Waals surface area contributed by atoms with Gasteiger partial charge in [0, 0.05) is 53.0 Å². The van der Waals surface area contributed by atoms with Gasteiger partial charge in [0.15, 0.2) is 5.96 Å². The van der Waals surface area contributed by atoms with E-state index in [4.69, 9.17) is 4.74 Å². The second-order valence-electron chi connectivity index (χ2n) is 6.65. The Bertz CT molecular complexity index is 578. The minimum Gasteiger partial charge on any atom is -0.382 e. The molecule has 0 bridgehead atoms. The number of hydrogen-bond acceptors (Lipinski definition) is 5. The van der Waals surface area contributed by atoms with Gasteiger partial charge in [-0.2, -0.15) is 0 Å². The van der Waals surface area contributed by atoms with Crippen molar-refractivity contribution >= 4 is 45.9 Å². The molecule has 0 aromatic carbocycles. The first-order valence-electron chi connectivity index (χ1n) is 9.60. The SMILES string of the molecule is CCOCCCNC(=NCC(=O)N(C)C)NC1CCN(S(=O)(=O)CC)CC1.I. The number of halogens is 1. The highest BCUT2D eigenvalue weighted by atomic mass is 127. The fourth-order valence-corrected chi connectivity index (χ4v) is 3.75. The monoisotopic (exact) mass is 533 g/mol. The largest absolute Gasteiger partial charge is 0.382 e. The topological polar surface area (TPSA) is 103 Å². The van der Waals surface area contributed by atoms with Crippen molar-refractivity contribution < 1.29 is 17.9 Å². The Morgan fingerprint density at radius 3 is 2.43 bits per heavy atom. The average molecular weight is 533 g/mol. The number of nitrogens with zero attached hydrogens (tertiary/aromatic N) is 3. The van der Waals surface area contributed by atoms with E-state index in [0.29, 0.717) is 51.6 Å². The summed E-state index contributed by atoms with van der Waals surface area (Å²) in [5, 5.41) is 6.57. The van der Waals surface area contributed by atoms with Crippen LogP contribution in [0, 0.1) is 0 Å². The summed E-state index contributed by atoms with van der Waals surface area (Å²) in [7, 11) is 0.266. The van der Waals surface area contributed by atoms with Gasteiger partial charge < -0.3 is 20.3 Å². The molecule has 1 aliphatic rings. The van der Waals surface area contributed by atoms with E-state index in [9.17, 15) is 13.2 Å². The predicted molar refractivity (Wildman–Crippen MR) is 123 cm³/mol. The normalized spacial score (nSPS) is 16.4. The van der Waals surface area contributed by atoms with E-state index in [0.717, 1.165) is 6.42 Å². The molecular formula is C17H36IN5O4S. The zero-order valence-electron chi connectivity index (χ0n) is 17.4. The zero-order chi connectivity index (χ0) is 20.3. The molecule has 1 aliphatic heterocycles. The molecule has 1 heterocycles. The van der Waals surface area contributed by atoms with Gasteiger partial charge in [0.05, 0.1) is 5.75 Å². The molecule has 0 radical (unpaired) electrons. The van der Waals surface area contributed by atoms with Gasteiger partial charge in [0.2, 0.25) is 15.9 Å². The van der Waals surface area contributed by atoms with Gasteiger partial charge in [-0.05, 0) is 33.1 Å². The number of sulfonamides is 1. The molecule has 11 heteroatoms. The summed E-state index contributed by atoms with van der Waals surface area (Å²) < 4.78 is 30.8. The first kappa shape index (κ1) is 27.3. The number of likely N-dealkylation sites (N-methyl/N-ethyl adjacent to an activating group) is 1. The van der Waals surface area contributed by atoms with Crippen molar-refractivity contribution in [3.05, 3.63) is 0 Å². The summed E-state index contributed by atoms with van der Waals surface area (Å²) in [5.74, 6) is 0.638. The number of aliphatic imine (C=N–C) groups is 1. The van der Waals surface area contributed by atoms with Crippen molar-refractivity contribution in [1.82, 2.24) is 19.8 Å². The summed E-state index contributed by atoms with van der Waals surface area (Å²) in [6, 6.07) is 0.126. The third-order valence-electron chi connectivity index (χ3n) is 4.39. The average Bonchev–Trinajstić information content (AvgIpc) is 2.65. The van der Waals surface area contributed by atoms with E-state index in [-0.39, 0.29) is 48.2 Å². The van der Waals surface area contributed by atoms with Gasteiger partial charge in [-0.15, -0.1) is 24.0 Å². The Labute approximate surface area is 186 Å². The van der Waals surface area contributed by atoms with E-state index in [1.807, 2.05) is 6.92 Å². The number of rotatable bonds is 10. The summed E-state index contributed by atoms with van der Waals surface area (Å²) in [5.41, 5.74) is 0. The maximum atomic E-state index is 12.0. The van der Waals surface area contributed by atoms with E-state index < -0.39 is 10.0 Å². The van der Waals surface area contributed by atoms with E-state index in [1.165, 1.54) is 4.90 Å². The lowest BCUT2D eigenvalue weighted by Crippen LogP contribution is -2.50. The van der Waals surface area contributed by atoms with Crippen molar-refractivity contribution in [2.24, 2.45) is 4.99 Å². The molecule has 0 unspecified atom stereocenters. The molecule has 166 valence electrons. The smallest absolute Gasteiger partial charge is 0.243 e. The lowest BCUT2D eigenvalue weighted by atomic mass is 10.1. The van der Waals surface area contributed by atoms with Crippen LogP contribution in [0.25, 0.3) is 0 Å². The van der Waals surface area contributed by atoms with E-state index in [1.54, 1.807) is 25.3 Å². The van der Waals surface area contributed by atoms with Crippen LogP contribution in [0.1, 0.15) is 33.1 Å². The van der Waals surface area contributed by atoms with Crippen molar-refractivity contribution in [2.45, 2.75) is 39.2 Å². The van der Waals surface area contributed by atoms with E-state index in [2.05, 4.69) is 15.6 Å². The summed E-state index contributed by atoms with van der Waals surface area (Å²) in [6.07, 6.45) is 2.25. The van der Waals surface area contributed by atoms with Crippen LogP contribution in [0.2, 0.25) is 0 Å². The van der Waals surface area contributed by atoms with Gasteiger partial charge in [-0.25, -0.2) is 17.7 Å². The molecule has 1 saturated heterocycles. The van der Waals surface area contributed by atoms with Crippen LogP contribution in [0.15, 0.2) is 4.99 Å². The fraction of sp³-hybridized carbons (Fsp3) is 0.882. The van der Waals surface area contributed by atoms with Crippen LogP contribution in [0.5, 0.6) is 0 Å². The Morgan fingerprint density at radius 2 is 1.89 bits per heavy atom. The highest BCUT2D eigenvalue weighted by Gasteiger charge is 2.27. The first-order chi connectivity index (χ1) is 12.8. The second kappa shape index (κ2) is 14.3. The highest BCUT2D eigenvalue weighted by Crippen LogP contribution is 2.14.